The molecule has 2 aliphatic heterocycles. The van der Waals surface area contributed by atoms with E-state index in [0.29, 0.717) is 12.1 Å². The lowest BCUT2D eigenvalue weighted by molar-refractivity contribution is -0.00715. The number of aliphatic hydroxyl groups excluding tert-OH is 1. The molecular formula is C14H26N2O. The van der Waals surface area contributed by atoms with Crippen molar-refractivity contribution in [2.45, 2.75) is 63.8 Å². The fourth-order valence-corrected chi connectivity index (χ4v) is 4.07. The second kappa shape index (κ2) is 5.25. The van der Waals surface area contributed by atoms with Gasteiger partial charge in [-0.25, -0.2) is 0 Å². The third kappa shape index (κ3) is 2.51. The van der Waals surface area contributed by atoms with Crippen LogP contribution in [0.5, 0.6) is 0 Å². The van der Waals surface area contributed by atoms with E-state index in [9.17, 15) is 5.11 Å². The largest absolute Gasteiger partial charge is 0.378 e. The first kappa shape index (κ1) is 11.9. The monoisotopic (exact) mass is 238 g/mol. The molecule has 3 unspecified atom stereocenters. The van der Waals surface area contributed by atoms with Gasteiger partial charge in [0.2, 0.25) is 0 Å². The molecule has 0 aromatic heterocycles. The van der Waals surface area contributed by atoms with Gasteiger partial charge in [-0.15, -0.1) is 0 Å². The lowest BCUT2D eigenvalue weighted by Crippen LogP contribution is -2.51. The first-order chi connectivity index (χ1) is 8.34. The van der Waals surface area contributed by atoms with Crippen molar-refractivity contribution in [2.75, 3.05) is 13.1 Å². The molecule has 3 aliphatic rings. The van der Waals surface area contributed by atoms with E-state index in [4.69, 9.17) is 0 Å². The minimum atomic E-state index is -0.183. The number of piperidine rings is 1. The molecule has 1 aliphatic carbocycles. The molecule has 2 heterocycles. The fraction of sp³-hybridized carbons (Fsp3) is 1.00. The van der Waals surface area contributed by atoms with Gasteiger partial charge >= 0.3 is 0 Å². The highest BCUT2D eigenvalue weighted by atomic mass is 16.3. The Bertz CT molecular complexity index is 253. The summed E-state index contributed by atoms with van der Waals surface area (Å²) in [6.45, 7) is 2.25. The highest BCUT2D eigenvalue weighted by Crippen LogP contribution is 2.35. The molecule has 0 spiro atoms. The summed E-state index contributed by atoms with van der Waals surface area (Å²) in [5, 5.41) is 13.9. The zero-order valence-corrected chi connectivity index (χ0v) is 10.8. The van der Waals surface area contributed by atoms with E-state index < -0.39 is 0 Å². The Balaban J connectivity index is 1.60. The minimum absolute atomic E-state index is 0.183. The first-order valence-electron chi connectivity index (χ1n) is 7.52. The number of hydrogen-bond acceptors (Lipinski definition) is 3. The molecule has 0 aromatic carbocycles. The molecule has 17 heavy (non-hydrogen) atoms. The van der Waals surface area contributed by atoms with Crippen LogP contribution in [0.1, 0.15) is 51.4 Å². The molecule has 3 atom stereocenters. The third-order valence-electron chi connectivity index (χ3n) is 5.00. The van der Waals surface area contributed by atoms with Crippen molar-refractivity contribution in [3.05, 3.63) is 0 Å². The van der Waals surface area contributed by atoms with E-state index in [-0.39, 0.29) is 6.23 Å². The van der Waals surface area contributed by atoms with Gasteiger partial charge in [0.05, 0.1) is 6.17 Å². The van der Waals surface area contributed by atoms with E-state index in [1.165, 1.54) is 44.9 Å². The fourth-order valence-electron chi connectivity index (χ4n) is 4.07. The lowest BCUT2D eigenvalue weighted by Gasteiger charge is -2.36. The topological polar surface area (TPSA) is 35.5 Å². The van der Waals surface area contributed by atoms with Gasteiger partial charge in [0, 0.05) is 6.54 Å². The number of rotatable bonds is 2. The van der Waals surface area contributed by atoms with Gasteiger partial charge in [-0.2, -0.15) is 0 Å². The van der Waals surface area contributed by atoms with Gasteiger partial charge in [0.1, 0.15) is 6.23 Å². The van der Waals surface area contributed by atoms with Crippen LogP contribution in [-0.2, 0) is 0 Å². The molecule has 2 N–H and O–H groups in total. The first-order valence-corrected chi connectivity index (χ1v) is 7.52. The van der Waals surface area contributed by atoms with Crippen LogP contribution in [-0.4, -0.2) is 35.5 Å². The van der Waals surface area contributed by atoms with Crippen LogP contribution < -0.4 is 5.32 Å². The maximum Gasteiger partial charge on any atom is 0.109 e. The van der Waals surface area contributed by atoms with Gasteiger partial charge in [-0.1, -0.05) is 19.3 Å². The predicted octanol–water partition coefficient (Wildman–Crippen LogP) is 1.92. The van der Waals surface area contributed by atoms with Crippen molar-refractivity contribution >= 4 is 0 Å². The number of fused-ring (bicyclic) bond motifs is 1. The zero-order valence-electron chi connectivity index (χ0n) is 10.8. The molecule has 2 saturated heterocycles. The molecule has 0 amide bonds. The van der Waals surface area contributed by atoms with Crippen molar-refractivity contribution in [1.29, 1.82) is 0 Å². The zero-order chi connectivity index (χ0) is 11.7. The summed E-state index contributed by atoms with van der Waals surface area (Å²) in [6.07, 6.45) is 10.8. The molecule has 3 heteroatoms. The normalized spacial score (nSPS) is 40.4. The number of aliphatic hydroxyl groups is 1. The van der Waals surface area contributed by atoms with Crippen molar-refractivity contribution in [2.24, 2.45) is 11.8 Å². The number of nitrogens with one attached hydrogen (secondary N) is 1. The second-order valence-electron chi connectivity index (χ2n) is 6.22. The lowest BCUT2D eigenvalue weighted by atomic mass is 9.88. The molecular weight excluding hydrogens is 212 g/mol. The average molecular weight is 238 g/mol. The summed E-state index contributed by atoms with van der Waals surface area (Å²) in [5.74, 6) is 1.53. The van der Waals surface area contributed by atoms with Crippen LogP contribution in [0.3, 0.4) is 0 Å². The maximum atomic E-state index is 10.2. The maximum absolute atomic E-state index is 10.2. The molecule has 0 aromatic rings. The molecule has 0 radical (unpaired) electrons. The molecule has 0 bridgehead atoms. The van der Waals surface area contributed by atoms with Crippen LogP contribution in [0.2, 0.25) is 0 Å². The Labute approximate surface area is 105 Å². The van der Waals surface area contributed by atoms with Gasteiger partial charge in [-0.05, 0) is 50.5 Å². The highest BCUT2D eigenvalue weighted by Gasteiger charge is 2.41. The van der Waals surface area contributed by atoms with E-state index >= 15 is 0 Å². The van der Waals surface area contributed by atoms with Crippen LogP contribution >= 0.6 is 0 Å². The van der Waals surface area contributed by atoms with Gasteiger partial charge in [0.25, 0.3) is 0 Å². The SMILES string of the molecule is OC1CC2CCCNC2N1CC1CCCCC1. The van der Waals surface area contributed by atoms with E-state index in [0.717, 1.165) is 25.4 Å². The Hall–Kier alpha value is -0.120. The van der Waals surface area contributed by atoms with E-state index in [1.54, 1.807) is 0 Å². The standard InChI is InChI=1S/C14H26N2O/c17-13-9-12-7-4-8-15-14(12)16(13)10-11-5-2-1-3-6-11/h11-15,17H,1-10H2. The second-order valence-corrected chi connectivity index (χ2v) is 6.22. The van der Waals surface area contributed by atoms with Crippen LogP contribution in [0.4, 0.5) is 0 Å². The Kier molecular flexibility index (Phi) is 3.69. The van der Waals surface area contributed by atoms with Crippen molar-refractivity contribution in [1.82, 2.24) is 10.2 Å². The summed E-state index contributed by atoms with van der Waals surface area (Å²) >= 11 is 0. The molecule has 3 rings (SSSR count). The Morgan fingerprint density at radius 2 is 1.88 bits per heavy atom. The van der Waals surface area contributed by atoms with Crippen molar-refractivity contribution < 1.29 is 5.11 Å². The number of hydrogen-bond donors (Lipinski definition) is 2. The minimum Gasteiger partial charge on any atom is -0.378 e. The molecule has 3 nitrogen and oxygen atoms in total. The molecule has 98 valence electrons. The van der Waals surface area contributed by atoms with Crippen LogP contribution in [0.25, 0.3) is 0 Å². The Morgan fingerprint density at radius 3 is 2.71 bits per heavy atom. The van der Waals surface area contributed by atoms with Crippen LogP contribution in [0.15, 0.2) is 0 Å². The van der Waals surface area contributed by atoms with Crippen molar-refractivity contribution in [3.63, 3.8) is 0 Å². The summed E-state index contributed by atoms with van der Waals surface area (Å²) in [6, 6.07) is 0. The van der Waals surface area contributed by atoms with E-state index in [2.05, 4.69) is 10.2 Å². The smallest absolute Gasteiger partial charge is 0.109 e. The van der Waals surface area contributed by atoms with Crippen molar-refractivity contribution in [3.8, 4) is 0 Å². The highest BCUT2D eigenvalue weighted by molar-refractivity contribution is 4.91. The summed E-state index contributed by atoms with van der Waals surface area (Å²) in [7, 11) is 0. The summed E-state index contributed by atoms with van der Waals surface area (Å²) < 4.78 is 0. The van der Waals surface area contributed by atoms with Gasteiger partial charge in [-0.3, -0.25) is 4.90 Å². The number of likely N-dealkylation sites (tertiary alicyclic amines) is 1. The molecule has 1 saturated carbocycles. The van der Waals surface area contributed by atoms with E-state index in [1.807, 2.05) is 0 Å². The predicted molar refractivity (Wildman–Crippen MR) is 68.4 cm³/mol. The quantitative estimate of drug-likeness (QED) is 0.771. The Morgan fingerprint density at radius 1 is 1.06 bits per heavy atom. The van der Waals surface area contributed by atoms with Crippen LogP contribution in [0, 0.1) is 11.8 Å². The average Bonchev–Trinajstić information content (AvgIpc) is 2.68. The van der Waals surface area contributed by atoms with Gasteiger partial charge < -0.3 is 10.4 Å². The van der Waals surface area contributed by atoms with Gasteiger partial charge in [0.15, 0.2) is 0 Å². The number of nitrogens with zero attached hydrogens (tertiary/aromatic N) is 1. The summed E-state index contributed by atoms with van der Waals surface area (Å²) in [4.78, 5) is 2.36. The molecule has 3 fully saturated rings. The third-order valence-corrected chi connectivity index (χ3v) is 5.00. The summed E-state index contributed by atoms with van der Waals surface area (Å²) in [5.41, 5.74) is 0.